The summed E-state index contributed by atoms with van der Waals surface area (Å²) in [6.45, 7) is 0.828. The molecule has 5 nitrogen and oxygen atoms in total. The minimum Gasteiger partial charge on any atom is -0.497 e. The van der Waals surface area contributed by atoms with Crippen LogP contribution in [0.5, 0.6) is 5.75 Å². The van der Waals surface area contributed by atoms with Gasteiger partial charge in [0.25, 0.3) is 5.91 Å². The normalized spacial score (nSPS) is 10.4. The molecule has 6 heteroatoms. The molecule has 28 heavy (non-hydrogen) atoms. The van der Waals surface area contributed by atoms with Crippen LogP contribution in [0.2, 0.25) is 0 Å². The fraction of sp³-hybridized carbons (Fsp3) is 0.182. The van der Waals surface area contributed by atoms with Crippen LogP contribution in [0.3, 0.4) is 0 Å². The highest BCUT2D eigenvalue weighted by atomic mass is 19.1. The topological polar surface area (TPSA) is 63.2 Å². The number of anilines is 1. The Kier molecular flexibility index (Phi) is 6.57. The van der Waals surface area contributed by atoms with Crippen LogP contribution in [0.15, 0.2) is 67.0 Å². The van der Waals surface area contributed by atoms with E-state index < -0.39 is 0 Å². The molecule has 1 amide bonds. The Morgan fingerprint density at radius 3 is 2.64 bits per heavy atom. The van der Waals surface area contributed by atoms with Crippen molar-refractivity contribution in [3.05, 3.63) is 89.5 Å². The number of nitrogens with one attached hydrogen (secondary N) is 2. The van der Waals surface area contributed by atoms with Crippen molar-refractivity contribution in [2.45, 2.75) is 13.0 Å². The molecular formula is C22H22FN3O2. The first kappa shape index (κ1) is 19.4. The molecule has 0 radical (unpaired) electrons. The van der Waals surface area contributed by atoms with Gasteiger partial charge in [-0.25, -0.2) is 4.39 Å². The van der Waals surface area contributed by atoms with Gasteiger partial charge in [0.05, 0.1) is 18.4 Å². The second kappa shape index (κ2) is 9.50. The van der Waals surface area contributed by atoms with Gasteiger partial charge in [0.1, 0.15) is 11.6 Å². The van der Waals surface area contributed by atoms with E-state index in [2.05, 4.69) is 15.6 Å². The van der Waals surface area contributed by atoms with Crippen LogP contribution >= 0.6 is 0 Å². The molecule has 0 saturated heterocycles. The van der Waals surface area contributed by atoms with E-state index >= 15 is 0 Å². The fourth-order valence-corrected chi connectivity index (χ4v) is 2.71. The molecule has 1 heterocycles. The zero-order valence-corrected chi connectivity index (χ0v) is 15.6. The molecular weight excluding hydrogens is 357 g/mol. The van der Waals surface area contributed by atoms with Gasteiger partial charge in [0.15, 0.2) is 0 Å². The highest BCUT2D eigenvalue weighted by Crippen LogP contribution is 2.13. The van der Waals surface area contributed by atoms with Crippen molar-refractivity contribution in [2.24, 2.45) is 0 Å². The van der Waals surface area contributed by atoms with Gasteiger partial charge in [0.2, 0.25) is 0 Å². The van der Waals surface area contributed by atoms with E-state index in [1.54, 1.807) is 37.6 Å². The Morgan fingerprint density at radius 1 is 1.11 bits per heavy atom. The van der Waals surface area contributed by atoms with Crippen LogP contribution in [0.1, 0.15) is 21.5 Å². The molecule has 144 valence electrons. The number of methoxy groups -OCH3 is 1. The molecule has 0 fully saturated rings. The standard InChI is InChI=1S/C22H22FN3O2/c1-28-20-8-6-16(7-9-20)10-11-25-22(27)18-12-19(15-24-13-18)26-14-17-4-2-3-5-21(17)23/h2-9,12-13,15,26H,10-11,14H2,1H3,(H,25,27). The third kappa shape index (κ3) is 5.30. The number of hydrogen-bond donors (Lipinski definition) is 2. The predicted octanol–water partition coefficient (Wildman–Crippen LogP) is 3.81. The highest BCUT2D eigenvalue weighted by Gasteiger charge is 2.07. The Bertz CT molecular complexity index is 929. The van der Waals surface area contributed by atoms with Crippen molar-refractivity contribution in [3.63, 3.8) is 0 Å². The summed E-state index contributed by atoms with van der Waals surface area (Å²) in [7, 11) is 1.63. The molecule has 2 N–H and O–H groups in total. The van der Waals surface area contributed by atoms with Gasteiger partial charge in [-0.2, -0.15) is 0 Å². The molecule has 0 saturated carbocycles. The van der Waals surface area contributed by atoms with E-state index in [4.69, 9.17) is 4.74 Å². The van der Waals surface area contributed by atoms with E-state index in [0.29, 0.717) is 36.3 Å². The number of ether oxygens (including phenoxy) is 1. The van der Waals surface area contributed by atoms with Gasteiger partial charge in [-0.05, 0) is 36.2 Å². The third-order valence-electron chi connectivity index (χ3n) is 4.30. The summed E-state index contributed by atoms with van der Waals surface area (Å²) < 4.78 is 18.8. The van der Waals surface area contributed by atoms with Gasteiger partial charge in [-0.3, -0.25) is 9.78 Å². The maximum absolute atomic E-state index is 13.7. The molecule has 0 aliphatic heterocycles. The van der Waals surface area contributed by atoms with Crippen LogP contribution < -0.4 is 15.4 Å². The summed E-state index contributed by atoms with van der Waals surface area (Å²) in [6.07, 6.45) is 3.83. The molecule has 3 rings (SSSR count). The first-order chi connectivity index (χ1) is 13.7. The van der Waals surface area contributed by atoms with Gasteiger partial charge in [-0.15, -0.1) is 0 Å². The van der Waals surface area contributed by atoms with E-state index in [1.165, 1.54) is 12.3 Å². The molecule has 0 bridgehead atoms. The van der Waals surface area contributed by atoms with Crippen LogP contribution in [0.25, 0.3) is 0 Å². The fourth-order valence-electron chi connectivity index (χ4n) is 2.71. The summed E-state index contributed by atoms with van der Waals surface area (Å²) >= 11 is 0. The molecule has 1 aromatic heterocycles. The highest BCUT2D eigenvalue weighted by molar-refractivity contribution is 5.94. The zero-order valence-electron chi connectivity index (χ0n) is 15.6. The average Bonchev–Trinajstić information content (AvgIpc) is 2.74. The SMILES string of the molecule is COc1ccc(CCNC(=O)c2cncc(NCc3ccccc3F)c2)cc1. The number of carbonyl (C=O) groups excluding carboxylic acids is 1. The number of benzene rings is 2. The molecule has 0 atom stereocenters. The first-order valence-corrected chi connectivity index (χ1v) is 8.99. The van der Waals surface area contributed by atoms with Crippen LogP contribution in [-0.2, 0) is 13.0 Å². The van der Waals surface area contributed by atoms with Crippen LogP contribution in [-0.4, -0.2) is 24.5 Å². The van der Waals surface area contributed by atoms with Gasteiger partial charge < -0.3 is 15.4 Å². The Morgan fingerprint density at radius 2 is 1.89 bits per heavy atom. The molecule has 0 aliphatic carbocycles. The van der Waals surface area contributed by atoms with E-state index in [9.17, 15) is 9.18 Å². The second-order valence-corrected chi connectivity index (χ2v) is 6.26. The van der Waals surface area contributed by atoms with Gasteiger partial charge in [0, 0.05) is 31.0 Å². The molecule has 3 aromatic rings. The Balaban J connectivity index is 1.52. The van der Waals surface area contributed by atoms with Crippen molar-refractivity contribution in [1.82, 2.24) is 10.3 Å². The smallest absolute Gasteiger partial charge is 0.252 e. The number of halogens is 1. The lowest BCUT2D eigenvalue weighted by Crippen LogP contribution is -2.25. The minimum atomic E-state index is -0.268. The lowest BCUT2D eigenvalue weighted by atomic mass is 10.1. The summed E-state index contributed by atoms with van der Waals surface area (Å²) in [5.74, 6) is 0.338. The monoisotopic (exact) mass is 379 g/mol. The van der Waals surface area contributed by atoms with Crippen molar-refractivity contribution in [3.8, 4) is 5.75 Å². The lowest BCUT2D eigenvalue weighted by Gasteiger charge is -2.09. The maximum Gasteiger partial charge on any atom is 0.252 e. The summed E-state index contributed by atoms with van der Waals surface area (Å²) in [5.41, 5.74) is 2.77. The second-order valence-electron chi connectivity index (χ2n) is 6.26. The van der Waals surface area contributed by atoms with Crippen molar-refractivity contribution < 1.29 is 13.9 Å². The minimum absolute atomic E-state index is 0.199. The number of carbonyl (C=O) groups is 1. The summed E-state index contributed by atoms with van der Waals surface area (Å²) in [6, 6.07) is 16.0. The van der Waals surface area contributed by atoms with E-state index in [1.807, 2.05) is 24.3 Å². The molecule has 0 spiro atoms. The zero-order chi connectivity index (χ0) is 19.8. The lowest BCUT2D eigenvalue weighted by molar-refractivity contribution is 0.0954. The number of hydrogen-bond acceptors (Lipinski definition) is 4. The van der Waals surface area contributed by atoms with E-state index in [0.717, 1.165) is 11.3 Å². The van der Waals surface area contributed by atoms with Crippen molar-refractivity contribution in [2.75, 3.05) is 19.0 Å². The van der Waals surface area contributed by atoms with Crippen molar-refractivity contribution in [1.29, 1.82) is 0 Å². The molecule has 0 unspecified atom stereocenters. The number of rotatable bonds is 8. The van der Waals surface area contributed by atoms with Gasteiger partial charge in [-0.1, -0.05) is 30.3 Å². The van der Waals surface area contributed by atoms with Crippen molar-refractivity contribution >= 4 is 11.6 Å². The summed E-state index contributed by atoms with van der Waals surface area (Å²) in [4.78, 5) is 16.5. The number of pyridine rings is 1. The average molecular weight is 379 g/mol. The van der Waals surface area contributed by atoms with E-state index in [-0.39, 0.29) is 11.7 Å². The largest absolute Gasteiger partial charge is 0.497 e. The third-order valence-corrected chi connectivity index (χ3v) is 4.30. The number of amides is 1. The first-order valence-electron chi connectivity index (χ1n) is 8.99. The quantitative estimate of drug-likeness (QED) is 0.625. The maximum atomic E-state index is 13.7. The number of nitrogens with zero attached hydrogens (tertiary/aromatic N) is 1. The summed E-state index contributed by atoms with van der Waals surface area (Å²) in [5, 5.41) is 5.98. The Hall–Kier alpha value is -3.41. The molecule has 2 aromatic carbocycles. The predicted molar refractivity (Wildman–Crippen MR) is 107 cm³/mol. The van der Waals surface area contributed by atoms with Gasteiger partial charge >= 0.3 is 0 Å². The van der Waals surface area contributed by atoms with Crippen LogP contribution in [0, 0.1) is 5.82 Å². The number of aromatic nitrogens is 1. The molecule has 0 aliphatic rings. The Labute approximate surface area is 163 Å². The van der Waals surface area contributed by atoms with Crippen LogP contribution in [0.4, 0.5) is 10.1 Å².